The molecule has 0 amide bonds. The average molecular weight is 487 g/mol. The van der Waals surface area contributed by atoms with Crippen molar-refractivity contribution in [3.63, 3.8) is 0 Å². The highest BCUT2D eigenvalue weighted by Gasteiger charge is 2.33. The second-order valence-electron chi connectivity index (χ2n) is 9.40. The standard InChI is InChI=1S/C25H30N2O6S/c1-15-13-19(27-34(30,31)12-10-26)16(2)22(23(24(28)29)33-25(3,4)5)21(15)18-8-9-20-17(14-18)7-6-11-32-20/h8-9,13-14,23,27H,6-7,11-12H2,1-5H3,(H,28,29). The molecule has 8 nitrogen and oxygen atoms in total. The third kappa shape index (κ3) is 5.69. The minimum atomic E-state index is -3.93. The van der Waals surface area contributed by atoms with Gasteiger partial charge in [0.2, 0.25) is 10.0 Å². The Balaban J connectivity index is 2.29. The molecule has 34 heavy (non-hydrogen) atoms. The number of nitriles is 1. The zero-order chi connectivity index (χ0) is 25.3. The molecule has 2 N–H and O–H groups in total. The Morgan fingerprint density at radius 2 is 2.00 bits per heavy atom. The van der Waals surface area contributed by atoms with E-state index in [0.717, 1.165) is 29.7 Å². The molecule has 1 atom stereocenters. The van der Waals surface area contributed by atoms with Gasteiger partial charge in [-0.1, -0.05) is 6.07 Å². The highest BCUT2D eigenvalue weighted by molar-refractivity contribution is 7.92. The lowest BCUT2D eigenvalue weighted by Gasteiger charge is -2.30. The maximum Gasteiger partial charge on any atom is 0.337 e. The number of rotatable bonds is 7. The van der Waals surface area contributed by atoms with Crippen LogP contribution in [0.2, 0.25) is 0 Å². The second kappa shape index (κ2) is 9.65. The molecule has 0 spiro atoms. The van der Waals surface area contributed by atoms with E-state index in [-0.39, 0.29) is 5.69 Å². The van der Waals surface area contributed by atoms with Gasteiger partial charge in [-0.15, -0.1) is 0 Å². The van der Waals surface area contributed by atoms with Crippen LogP contribution >= 0.6 is 0 Å². The molecule has 0 saturated carbocycles. The van der Waals surface area contributed by atoms with E-state index in [1.807, 2.05) is 18.2 Å². The van der Waals surface area contributed by atoms with E-state index in [4.69, 9.17) is 14.7 Å². The average Bonchev–Trinajstić information content (AvgIpc) is 2.73. The van der Waals surface area contributed by atoms with Crippen molar-refractivity contribution in [1.29, 1.82) is 5.26 Å². The van der Waals surface area contributed by atoms with Crippen LogP contribution in [-0.2, 0) is 26.0 Å². The molecule has 9 heteroatoms. The zero-order valence-electron chi connectivity index (χ0n) is 20.1. The van der Waals surface area contributed by atoms with Gasteiger partial charge < -0.3 is 14.6 Å². The lowest BCUT2D eigenvalue weighted by Crippen LogP contribution is -2.29. The quantitative estimate of drug-likeness (QED) is 0.590. The number of anilines is 1. The Kier molecular flexibility index (Phi) is 7.24. The molecule has 3 rings (SSSR count). The van der Waals surface area contributed by atoms with Crippen LogP contribution in [0.5, 0.6) is 5.75 Å². The van der Waals surface area contributed by atoms with Crippen molar-refractivity contribution in [3.05, 3.63) is 46.5 Å². The SMILES string of the molecule is Cc1cc(NS(=O)(=O)CC#N)c(C)c(C(OC(C)(C)C)C(=O)O)c1-c1ccc2c(c1)CCCO2. The predicted molar refractivity (Wildman–Crippen MR) is 129 cm³/mol. The van der Waals surface area contributed by atoms with Crippen molar-refractivity contribution in [2.24, 2.45) is 0 Å². The van der Waals surface area contributed by atoms with Crippen LogP contribution in [0.1, 0.15) is 55.5 Å². The summed E-state index contributed by atoms with van der Waals surface area (Å²) in [5.74, 6) is -1.08. The van der Waals surface area contributed by atoms with E-state index in [1.165, 1.54) is 0 Å². The monoisotopic (exact) mass is 486 g/mol. The van der Waals surface area contributed by atoms with Crippen molar-refractivity contribution in [3.8, 4) is 22.9 Å². The van der Waals surface area contributed by atoms with E-state index in [9.17, 15) is 18.3 Å². The molecular weight excluding hydrogens is 456 g/mol. The Bertz CT molecular complexity index is 1260. The molecule has 0 aromatic heterocycles. The smallest absolute Gasteiger partial charge is 0.337 e. The molecule has 1 aliphatic heterocycles. The number of aryl methyl sites for hydroxylation is 2. The van der Waals surface area contributed by atoms with Gasteiger partial charge in [0.1, 0.15) is 5.75 Å². The van der Waals surface area contributed by atoms with E-state index in [0.29, 0.717) is 28.9 Å². The molecule has 0 saturated heterocycles. The molecule has 0 bridgehead atoms. The largest absolute Gasteiger partial charge is 0.493 e. The van der Waals surface area contributed by atoms with Gasteiger partial charge in [-0.3, -0.25) is 4.72 Å². The third-order valence-corrected chi connectivity index (χ3v) is 6.55. The minimum Gasteiger partial charge on any atom is -0.493 e. The van der Waals surface area contributed by atoms with Gasteiger partial charge in [-0.2, -0.15) is 5.26 Å². The van der Waals surface area contributed by atoms with Gasteiger partial charge in [-0.25, -0.2) is 13.2 Å². The number of carbonyl (C=O) groups is 1. The van der Waals surface area contributed by atoms with Crippen LogP contribution in [-0.4, -0.2) is 37.5 Å². The van der Waals surface area contributed by atoms with Crippen LogP contribution in [0.15, 0.2) is 24.3 Å². The predicted octanol–water partition coefficient (Wildman–Crippen LogP) is 4.50. The number of carboxylic acid groups (broad SMARTS) is 1. The van der Waals surface area contributed by atoms with Crippen LogP contribution in [0.3, 0.4) is 0 Å². The lowest BCUT2D eigenvalue weighted by molar-refractivity contribution is -0.160. The number of nitrogens with zero attached hydrogens (tertiary/aromatic N) is 1. The van der Waals surface area contributed by atoms with Crippen LogP contribution in [0, 0.1) is 25.2 Å². The van der Waals surface area contributed by atoms with E-state index in [2.05, 4.69) is 4.72 Å². The Labute approximate surface area is 200 Å². The number of hydrogen-bond acceptors (Lipinski definition) is 6. The van der Waals surface area contributed by atoms with Crippen molar-refractivity contribution < 1.29 is 27.8 Å². The van der Waals surface area contributed by atoms with Gasteiger partial charge in [0, 0.05) is 5.56 Å². The maximum atomic E-state index is 12.4. The van der Waals surface area contributed by atoms with Gasteiger partial charge in [0.25, 0.3) is 0 Å². The fraction of sp³-hybridized carbons (Fsp3) is 0.440. The van der Waals surface area contributed by atoms with E-state index >= 15 is 0 Å². The number of aliphatic carboxylic acids is 1. The number of ether oxygens (including phenoxy) is 2. The summed E-state index contributed by atoms with van der Waals surface area (Å²) in [4.78, 5) is 12.4. The van der Waals surface area contributed by atoms with Crippen molar-refractivity contribution in [2.75, 3.05) is 17.1 Å². The molecule has 2 aromatic carbocycles. The maximum absolute atomic E-state index is 12.4. The summed E-state index contributed by atoms with van der Waals surface area (Å²) >= 11 is 0. The molecule has 1 aliphatic rings. The van der Waals surface area contributed by atoms with Gasteiger partial charge >= 0.3 is 5.97 Å². The summed E-state index contributed by atoms with van der Waals surface area (Å²) in [7, 11) is -3.93. The summed E-state index contributed by atoms with van der Waals surface area (Å²) in [6.45, 7) is 9.41. The Morgan fingerprint density at radius 3 is 2.62 bits per heavy atom. The summed E-state index contributed by atoms with van der Waals surface area (Å²) in [5.41, 5.74) is 3.42. The highest BCUT2D eigenvalue weighted by Crippen LogP contribution is 2.42. The summed E-state index contributed by atoms with van der Waals surface area (Å²) in [6, 6.07) is 9.05. The normalized spacial score (nSPS) is 14.5. The highest BCUT2D eigenvalue weighted by atomic mass is 32.2. The molecule has 2 aromatic rings. The summed E-state index contributed by atoms with van der Waals surface area (Å²) in [5, 5.41) is 19.0. The molecular formula is C25H30N2O6S. The minimum absolute atomic E-state index is 0.219. The summed E-state index contributed by atoms with van der Waals surface area (Å²) < 4.78 is 38.8. The van der Waals surface area contributed by atoms with Crippen LogP contribution in [0.25, 0.3) is 11.1 Å². The zero-order valence-corrected chi connectivity index (χ0v) is 20.9. The lowest BCUT2D eigenvalue weighted by atomic mass is 9.86. The first-order valence-corrected chi connectivity index (χ1v) is 12.7. The molecule has 182 valence electrons. The number of nitrogens with one attached hydrogen (secondary N) is 1. The Morgan fingerprint density at radius 1 is 1.29 bits per heavy atom. The number of sulfonamides is 1. The number of carboxylic acids is 1. The van der Waals surface area contributed by atoms with E-state index in [1.54, 1.807) is 46.8 Å². The first-order valence-electron chi connectivity index (χ1n) is 11.0. The molecule has 1 heterocycles. The second-order valence-corrected chi connectivity index (χ2v) is 11.1. The van der Waals surface area contributed by atoms with Gasteiger partial charge in [-0.05, 0) is 93.5 Å². The molecule has 0 fully saturated rings. The molecule has 0 radical (unpaired) electrons. The van der Waals surface area contributed by atoms with Crippen molar-refractivity contribution in [1.82, 2.24) is 0 Å². The first-order chi connectivity index (χ1) is 15.8. The molecule has 0 aliphatic carbocycles. The fourth-order valence-electron chi connectivity index (χ4n) is 4.15. The molecule has 1 unspecified atom stereocenters. The number of fused-ring (bicyclic) bond motifs is 1. The van der Waals surface area contributed by atoms with Crippen molar-refractivity contribution >= 4 is 21.7 Å². The van der Waals surface area contributed by atoms with E-state index < -0.39 is 33.5 Å². The number of hydrogen-bond donors (Lipinski definition) is 2. The third-order valence-electron chi connectivity index (χ3n) is 5.51. The van der Waals surface area contributed by atoms with Crippen LogP contribution in [0.4, 0.5) is 5.69 Å². The van der Waals surface area contributed by atoms with Gasteiger partial charge in [0.05, 0.1) is 24.0 Å². The summed E-state index contributed by atoms with van der Waals surface area (Å²) in [6.07, 6.45) is 0.399. The first kappa shape index (κ1) is 25.5. The number of benzene rings is 2. The topological polar surface area (TPSA) is 126 Å². The Hall–Kier alpha value is -3.09. The van der Waals surface area contributed by atoms with Gasteiger partial charge in [0.15, 0.2) is 11.9 Å². The fourth-order valence-corrected chi connectivity index (χ4v) is 4.94. The van der Waals surface area contributed by atoms with Crippen LogP contribution < -0.4 is 9.46 Å². The van der Waals surface area contributed by atoms with Crippen molar-refractivity contribution in [2.45, 2.75) is 59.2 Å².